The molecule has 0 spiro atoms. The van der Waals surface area contributed by atoms with E-state index in [0.717, 1.165) is 19.5 Å². The second-order valence-electron chi connectivity index (χ2n) is 7.15. The fourth-order valence-corrected chi connectivity index (χ4v) is 4.19. The average molecular weight is 332 g/mol. The quantitative estimate of drug-likeness (QED) is 0.768. The third-order valence-electron chi connectivity index (χ3n) is 4.98. The van der Waals surface area contributed by atoms with Crippen molar-refractivity contribution in [1.82, 2.24) is 14.5 Å². The fourth-order valence-electron chi connectivity index (χ4n) is 3.39. The summed E-state index contributed by atoms with van der Waals surface area (Å²) in [4.78, 5) is 5.10. The van der Waals surface area contributed by atoms with Crippen LogP contribution in [-0.4, -0.2) is 69.3 Å². The lowest BCUT2D eigenvalue weighted by Crippen LogP contribution is -2.45. The van der Waals surface area contributed by atoms with Crippen molar-refractivity contribution < 1.29 is 8.42 Å². The van der Waals surface area contributed by atoms with Crippen LogP contribution in [-0.2, 0) is 10.0 Å². The molecule has 0 aromatic rings. The summed E-state index contributed by atoms with van der Waals surface area (Å²) in [6.45, 7) is 11.1. The van der Waals surface area contributed by atoms with Gasteiger partial charge in [0, 0.05) is 26.2 Å². The molecular formula is C16H33N3O2S. The van der Waals surface area contributed by atoms with Gasteiger partial charge in [-0.15, -0.1) is 0 Å². The molecule has 2 heterocycles. The first-order valence-corrected chi connectivity index (χ1v) is 10.4. The molecule has 5 nitrogen and oxygen atoms in total. The second-order valence-corrected chi connectivity index (χ2v) is 9.47. The van der Waals surface area contributed by atoms with Gasteiger partial charge in [0.1, 0.15) is 0 Å². The normalized spacial score (nSPS) is 25.7. The second kappa shape index (κ2) is 8.62. The van der Waals surface area contributed by atoms with E-state index in [1.807, 2.05) is 0 Å². The standard InChI is InChI=1S/C16H33N3O2S/c1-15(2)22(20,21)17-13-16-7-6-10-19(14-16)12-11-18-8-4-3-5-9-18/h15-17H,3-14H2,1-2H3. The zero-order valence-corrected chi connectivity index (χ0v) is 15.1. The third kappa shape index (κ3) is 5.80. The number of hydrogen-bond donors (Lipinski definition) is 1. The molecular weight excluding hydrogens is 298 g/mol. The highest BCUT2D eigenvalue weighted by Crippen LogP contribution is 2.17. The lowest BCUT2D eigenvalue weighted by molar-refractivity contribution is 0.140. The van der Waals surface area contributed by atoms with Gasteiger partial charge in [-0.2, -0.15) is 0 Å². The largest absolute Gasteiger partial charge is 0.302 e. The van der Waals surface area contributed by atoms with Gasteiger partial charge in [-0.1, -0.05) is 6.42 Å². The van der Waals surface area contributed by atoms with Crippen LogP contribution >= 0.6 is 0 Å². The predicted octanol–water partition coefficient (Wildman–Crippen LogP) is 1.51. The first kappa shape index (κ1) is 18.2. The van der Waals surface area contributed by atoms with Crippen LogP contribution < -0.4 is 4.72 Å². The monoisotopic (exact) mass is 331 g/mol. The lowest BCUT2D eigenvalue weighted by atomic mass is 9.98. The van der Waals surface area contributed by atoms with Gasteiger partial charge < -0.3 is 9.80 Å². The number of nitrogens with zero attached hydrogens (tertiary/aromatic N) is 2. The van der Waals surface area contributed by atoms with E-state index in [4.69, 9.17) is 0 Å². The summed E-state index contributed by atoms with van der Waals surface area (Å²) in [7, 11) is -3.12. The predicted molar refractivity (Wildman–Crippen MR) is 91.5 cm³/mol. The molecule has 0 saturated carbocycles. The molecule has 2 saturated heterocycles. The van der Waals surface area contributed by atoms with Gasteiger partial charge in [-0.3, -0.25) is 0 Å². The molecule has 0 aliphatic carbocycles. The van der Waals surface area contributed by atoms with Crippen LogP contribution in [0, 0.1) is 5.92 Å². The Morgan fingerprint density at radius 1 is 1.00 bits per heavy atom. The summed E-state index contributed by atoms with van der Waals surface area (Å²) in [5.74, 6) is 0.462. The summed E-state index contributed by atoms with van der Waals surface area (Å²) in [5.41, 5.74) is 0. The molecule has 22 heavy (non-hydrogen) atoms. The van der Waals surface area contributed by atoms with E-state index in [9.17, 15) is 8.42 Å². The van der Waals surface area contributed by atoms with Crippen LogP contribution in [0.2, 0.25) is 0 Å². The van der Waals surface area contributed by atoms with Crippen molar-refractivity contribution in [2.45, 2.75) is 51.2 Å². The molecule has 0 amide bonds. The van der Waals surface area contributed by atoms with Crippen molar-refractivity contribution in [2.24, 2.45) is 5.92 Å². The van der Waals surface area contributed by atoms with Crippen molar-refractivity contribution in [3.05, 3.63) is 0 Å². The minimum Gasteiger partial charge on any atom is -0.302 e. The summed E-state index contributed by atoms with van der Waals surface area (Å²) in [6, 6.07) is 0. The average Bonchev–Trinajstić information content (AvgIpc) is 2.52. The number of piperidine rings is 2. The summed E-state index contributed by atoms with van der Waals surface area (Å²) in [5, 5.41) is -0.341. The Balaban J connectivity index is 1.69. The third-order valence-corrected chi connectivity index (χ3v) is 6.79. The molecule has 0 aromatic carbocycles. The van der Waals surface area contributed by atoms with E-state index in [0.29, 0.717) is 12.5 Å². The summed E-state index contributed by atoms with van der Waals surface area (Å²) in [6.07, 6.45) is 6.41. The van der Waals surface area contributed by atoms with Crippen LogP contribution in [0.15, 0.2) is 0 Å². The van der Waals surface area contributed by atoms with Crippen molar-refractivity contribution in [1.29, 1.82) is 0 Å². The molecule has 2 rings (SSSR count). The number of likely N-dealkylation sites (tertiary alicyclic amines) is 2. The SMILES string of the molecule is CC(C)S(=O)(=O)NCC1CCCN(CCN2CCCCC2)C1. The van der Waals surface area contributed by atoms with E-state index in [1.54, 1.807) is 13.8 Å². The molecule has 2 aliphatic rings. The Labute approximate surface area is 136 Å². The fraction of sp³-hybridized carbons (Fsp3) is 1.00. The summed E-state index contributed by atoms with van der Waals surface area (Å²) >= 11 is 0. The zero-order valence-electron chi connectivity index (χ0n) is 14.3. The molecule has 1 unspecified atom stereocenters. The highest BCUT2D eigenvalue weighted by atomic mass is 32.2. The maximum Gasteiger partial charge on any atom is 0.213 e. The first-order valence-electron chi connectivity index (χ1n) is 8.90. The maximum absolute atomic E-state index is 11.9. The molecule has 1 atom stereocenters. The Kier molecular flexibility index (Phi) is 7.12. The van der Waals surface area contributed by atoms with Gasteiger partial charge in [0.15, 0.2) is 0 Å². The van der Waals surface area contributed by atoms with Crippen LogP contribution in [0.3, 0.4) is 0 Å². The van der Waals surface area contributed by atoms with Gasteiger partial charge >= 0.3 is 0 Å². The van der Waals surface area contributed by atoms with Crippen LogP contribution in [0.5, 0.6) is 0 Å². The van der Waals surface area contributed by atoms with E-state index < -0.39 is 10.0 Å². The van der Waals surface area contributed by atoms with Crippen molar-refractivity contribution >= 4 is 10.0 Å². The van der Waals surface area contributed by atoms with Gasteiger partial charge in [-0.25, -0.2) is 13.1 Å². The Bertz CT molecular complexity index is 419. The minimum atomic E-state index is -3.12. The van der Waals surface area contributed by atoms with Crippen LogP contribution in [0.25, 0.3) is 0 Å². The number of rotatable bonds is 7. The number of sulfonamides is 1. The zero-order chi connectivity index (χ0) is 16.0. The Morgan fingerprint density at radius 2 is 1.64 bits per heavy atom. The Morgan fingerprint density at radius 3 is 2.32 bits per heavy atom. The molecule has 2 fully saturated rings. The highest BCUT2D eigenvalue weighted by Gasteiger charge is 2.23. The van der Waals surface area contributed by atoms with E-state index in [1.165, 1.54) is 51.9 Å². The minimum absolute atomic E-state index is 0.341. The number of nitrogens with one attached hydrogen (secondary N) is 1. The molecule has 0 aromatic heterocycles. The Hall–Kier alpha value is -0.170. The van der Waals surface area contributed by atoms with Gasteiger partial charge in [0.25, 0.3) is 0 Å². The van der Waals surface area contributed by atoms with E-state index >= 15 is 0 Å². The maximum atomic E-state index is 11.9. The van der Waals surface area contributed by atoms with E-state index in [2.05, 4.69) is 14.5 Å². The van der Waals surface area contributed by atoms with Gasteiger partial charge in [0.2, 0.25) is 10.0 Å². The molecule has 0 bridgehead atoms. The summed E-state index contributed by atoms with van der Waals surface area (Å²) < 4.78 is 26.5. The van der Waals surface area contributed by atoms with Gasteiger partial charge in [-0.05, 0) is 65.1 Å². The molecule has 1 N–H and O–H groups in total. The lowest BCUT2D eigenvalue weighted by Gasteiger charge is -2.35. The van der Waals surface area contributed by atoms with E-state index in [-0.39, 0.29) is 5.25 Å². The van der Waals surface area contributed by atoms with Crippen molar-refractivity contribution in [2.75, 3.05) is 45.8 Å². The van der Waals surface area contributed by atoms with Crippen molar-refractivity contribution in [3.63, 3.8) is 0 Å². The topological polar surface area (TPSA) is 52.7 Å². The van der Waals surface area contributed by atoms with Crippen molar-refractivity contribution in [3.8, 4) is 0 Å². The highest BCUT2D eigenvalue weighted by molar-refractivity contribution is 7.90. The molecule has 130 valence electrons. The number of hydrogen-bond acceptors (Lipinski definition) is 4. The van der Waals surface area contributed by atoms with Gasteiger partial charge in [0.05, 0.1) is 5.25 Å². The molecule has 0 radical (unpaired) electrons. The van der Waals surface area contributed by atoms with Crippen LogP contribution in [0.4, 0.5) is 0 Å². The molecule has 2 aliphatic heterocycles. The first-order chi connectivity index (χ1) is 10.5. The molecule has 6 heteroatoms. The smallest absolute Gasteiger partial charge is 0.213 e. The van der Waals surface area contributed by atoms with Crippen LogP contribution in [0.1, 0.15) is 46.0 Å².